The first-order valence-corrected chi connectivity index (χ1v) is 10.6. The van der Waals surface area contributed by atoms with Gasteiger partial charge in [-0.3, -0.25) is 4.99 Å². The number of rotatable bonds is 6. The molecule has 27 heavy (non-hydrogen) atoms. The maximum atomic E-state index is 4.42. The van der Waals surface area contributed by atoms with Crippen molar-refractivity contribution in [3.8, 4) is 0 Å². The number of benzene rings is 1. The van der Waals surface area contributed by atoms with Crippen molar-refractivity contribution in [2.45, 2.75) is 70.4 Å². The van der Waals surface area contributed by atoms with E-state index in [9.17, 15) is 0 Å². The van der Waals surface area contributed by atoms with E-state index < -0.39 is 0 Å². The predicted octanol–water partition coefficient (Wildman–Crippen LogP) is 3.98. The lowest BCUT2D eigenvalue weighted by atomic mass is 10.0. The summed E-state index contributed by atoms with van der Waals surface area (Å²) < 4.78 is 0. The number of hydrogen-bond donors (Lipinski definition) is 2. The van der Waals surface area contributed by atoms with Gasteiger partial charge in [-0.05, 0) is 49.7 Å². The maximum absolute atomic E-state index is 4.42. The highest BCUT2D eigenvalue weighted by molar-refractivity contribution is 14.0. The van der Waals surface area contributed by atoms with E-state index in [4.69, 9.17) is 0 Å². The van der Waals surface area contributed by atoms with Gasteiger partial charge in [-0.25, -0.2) is 0 Å². The van der Waals surface area contributed by atoms with Crippen molar-refractivity contribution in [3.05, 3.63) is 35.4 Å². The second-order valence-electron chi connectivity index (χ2n) is 7.81. The van der Waals surface area contributed by atoms with E-state index in [1.807, 2.05) is 7.05 Å². The van der Waals surface area contributed by atoms with Crippen molar-refractivity contribution >= 4 is 29.9 Å². The molecular weight excluding hydrogens is 447 g/mol. The van der Waals surface area contributed by atoms with Crippen molar-refractivity contribution < 1.29 is 0 Å². The van der Waals surface area contributed by atoms with Crippen LogP contribution in [0.15, 0.2) is 29.3 Å². The van der Waals surface area contributed by atoms with Crippen LogP contribution < -0.4 is 10.6 Å². The molecular formula is C22H37IN4. The Hall–Kier alpha value is -0.820. The average Bonchev–Trinajstić information content (AvgIpc) is 3.23. The van der Waals surface area contributed by atoms with Gasteiger partial charge in [-0.1, -0.05) is 44.0 Å². The van der Waals surface area contributed by atoms with Crippen LogP contribution in [0.3, 0.4) is 0 Å². The van der Waals surface area contributed by atoms with E-state index >= 15 is 0 Å². The van der Waals surface area contributed by atoms with Crippen LogP contribution in [0.25, 0.3) is 0 Å². The quantitative estimate of drug-likeness (QED) is 0.365. The number of aliphatic imine (C=N–C) groups is 1. The highest BCUT2D eigenvalue weighted by atomic mass is 127. The first kappa shape index (κ1) is 22.5. The lowest BCUT2D eigenvalue weighted by Gasteiger charge is -2.36. The van der Waals surface area contributed by atoms with Crippen molar-refractivity contribution in [2.75, 3.05) is 26.7 Å². The summed E-state index contributed by atoms with van der Waals surface area (Å²) in [4.78, 5) is 7.14. The first-order valence-electron chi connectivity index (χ1n) is 10.6. The van der Waals surface area contributed by atoms with Crippen molar-refractivity contribution in [2.24, 2.45) is 4.99 Å². The van der Waals surface area contributed by atoms with Gasteiger partial charge in [0, 0.05) is 38.8 Å². The Bertz CT molecular complexity index is 558. The molecule has 1 aromatic rings. The molecule has 1 saturated heterocycles. The molecule has 1 aromatic carbocycles. The third kappa shape index (κ3) is 6.93. The molecule has 0 unspecified atom stereocenters. The number of halogens is 1. The minimum absolute atomic E-state index is 0. The third-order valence-electron chi connectivity index (χ3n) is 6.07. The van der Waals surface area contributed by atoms with Crippen LogP contribution in [0.1, 0.15) is 56.6 Å². The third-order valence-corrected chi connectivity index (χ3v) is 6.07. The van der Waals surface area contributed by atoms with Crippen LogP contribution in [0.2, 0.25) is 0 Å². The van der Waals surface area contributed by atoms with Gasteiger partial charge in [0.25, 0.3) is 0 Å². The second-order valence-corrected chi connectivity index (χ2v) is 7.81. The Morgan fingerprint density at radius 3 is 2.26 bits per heavy atom. The normalized spacial score (nSPS) is 19.7. The molecule has 0 amide bonds. The van der Waals surface area contributed by atoms with Crippen LogP contribution in [0, 0.1) is 0 Å². The van der Waals surface area contributed by atoms with Crippen LogP contribution in [0.5, 0.6) is 0 Å². The topological polar surface area (TPSA) is 39.7 Å². The predicted molar refractivity (Wildman–Crippen MR) is 126 cm³/mol. The summed E-state index contributed by atoms with van der Waals surface area (Å²) in [6.07, 6.45) is 10.3. The zero-order valence-electron chi connectivity index (χ0n) is 17.0. The highest BCUT2D eigenvalue weighted by Crippen LogP contribution is 2.26. The Morgan fingerprint density at radius 1 is 1.04 bits per heavy atom. The number of likely N-dealkylation sites (tertiary alicyclic amines) is 1. The fourth-order valence-electron chi connectivity index (χ4n) is 4.33. The van der Waals surface area contributed by atoms with E-state index in [1.165, 1.54) is 62.7 Å². The minimum atomic E-state index is 0. The van der Waals surface area contributed by atoms with Crippen LogP contribution in [0.4, 0.5) is 0 Å². The summed E-state index contributed by atoms with van der Waals surface area (Å²) >= 11 is 0. The van der Waals surface area contributed by atoms with E-state index in [1.54, 1.807) is 0 Å². The first-order chi connectivity index (χ1) is 12.8. The largest absolute Gasteiger partial charge is 0.356 e. The fourth-order valence-corrected chi connectivity index (χ4v) is 4.33. The van der Waals surface area contributed by atoms with Gasteiger partial charge in [0.15, 0.2) is 5.96 Å². The zero-order chi connectivity index (χ0) is 18.2. The van der Waals surface area contributed by atoms with Gasteiger partial charge in [0.2, 0.25) is 0 Å². The van der Waals surface area contributed by atoms with Crippen molar-refractivity contribution in [1.29, 1.82) is 0 Å². The summed E-state index contributed by atoms with van der Waals surface area (Å²) in [5, 5.41) is 7.12. The van der Waals surface area contributed by atoms with E-state index in [-0.39, 0.29) is 24.0 Å². The summed E-state index contributed by atoms with van der Waals surface area (Å²) in [7, 11) is 1.87. The van der Waals surface area contributed by atoms with Gasteiger partial charge in [-0.15, -0.1) is 24.0 Å². The molecule has 1 aliphatic heterocycles. The molecule has 1 aliphatic carbocycles. The molecule has 152 valence electrons. The molecule has 0 bridgehead atoms. The molecule has 1 saturated carbocycles. The molecule has 2 aliphatic rings. The monoisotopic (exact) mass is 484 g/mol. The fraction of sp³-hybridized carbons (Fsp3) is 0.682. The van der Waals surface area contributed by atoms with Gasteiger partial charge in [0.1, 0.15) is 0 Å². The number of nitrogens with zero attached hydrogens (tertiary/aromatic N) is 2. The summed E-state index contributed by atoms with van der Waals surface area (Å²) in [5.74, 6) is 0.953. The number of aryl methyl sites for hydroxylation is 1. The van der Waals surface area contributed by atoms with E-state index in [0.717, 1.165) is 31.4 Å². The number of hydrogen-bond acceptors (Lipinski definition) is 2. The number of guanidine groups is 1. The highest BCUT2D eigenvalue weighted by Gasteiger charge is 2.27. The molecule has 2 N–H and O–H groups in total. The van der Waals surface area contributed by atoms with Gasteiger partial charge in [0.05, 0.1) is 0 Å². The average molecular weight is 484 g/mol. The van der Waals surface area contributed by atoms with E-state index in [2.05, 4.69) is 51.7 Å². The lowest BCUT2D eigenvalue weighted by molar-refractivity contribution is 0.150. The molecule has 0 aromatic heterocycles. The standard InChI is InChI=1S/C22H36N4.HI/c1-3-18-8-10-19(11-9-18)12-15-24-22(23-2)25-20-13-16-26(17-14-20)21-6-4-5-7-21;/h8-11,20-21H,3-7,12-17H2,1-2H3,(H2,23,24,25);1H. The van der Waals surface area contributed by atoms with Gasteiger partial charge in [-0.2, -0.15) is 0 Å². The molecule has 5 heteroatoms. The Balaban J connectivity index is 0.00000261. The van der Waals surface area contributed by atoms with E-state index in [0.29, 0.717) is 6.04 Å². The molecule has 2 fully saturated rings. The maximum Gasteiger partial charge on any atom is 0.191 e. The van der Waals surface area contributed by atoms with Crippen LogP contribution in [-0.2, 0) is 12.8 Å². The molecule has 0 atom stereocenters. The summed E-state index contributed by atoms with van der Waals surface area (Å²) in [6.45, 7) is 5.60. The zero-order valence-corrected chi connectivity index (χ0v) is 19.4. The van der Waals surface area contributed by atoms with Gasteiger partial charge < -0.3 is 15.5 Å². The second kappa shape index (κ2) is 11.9. The Kier molecular flexibility index (Phi) is 9.90. The summed E-state index contributed by atoms with van der Waals surface area (Å²) in [5.41, 5.74) is 2.79. The smallest absolute Gasteiger partial charge is 0.191 e. The number of nitrogens with one attached hydrogen (secondary N) is 2. The lowest BCUT2D eigenvalue weighted by Crippen LogP contribution is -2.50. The Labute approximate surface area is 182 Å². The molecule has 4 nitrogen and oxygen atoms in total. The molecule has 1 heterocycles. The van der Waals surface area contributed by atoms with Crippen LogP contribution >= 0.6 is 24.0 Å². The summed E-state index contributed by atoms with van der Waals surface area (Å²) in [6, 6.07) is 10.4. The minimum Gasteiger partial charge on any atom is -0.356 e. The Morgan fingerprint density at radius 2 is 1.67 bits per heavy atom. The molecule has 0 radical (unpaired) electrons. The van der Waals surface area contributed by atoms with Crippen molar-refractivity contribution in [3.63, 3.8) is 0 Å². The van der Waals surface area contributed by atoms with Gasteiger partial charge >= 0.3 is 0 Å². The molecule has 0 spiro atoms. The van der Waals surface area contributed by atoms with Crippen molar-refractivity contribution in [1.82, 2.24) is 15.5 Å². The number of piperidine rings is 1. The van der Waals surface area contributed by atoms with Crippen LogP contribution in [-0.4, -0.2) is 49.6 Å². The SMILES string of the molecule is CCc1ccc(CCNC(=NC)NC2CCN(C3CCCC3)CC2)cc1.I. The molecule has 3 rings (SSSR count).